The number of aliphatic hydroxyl groups is 1. The Balaban J connectivity index is 2.12. The Kier molecular flexibility index (Phi) is 3.23. The lowest BCUT2D eigenvalue weighted by molar-refractivity contribution is -0.0208. The highest BCUT2D eigenvalue weighted by Crippen LogP contribution is 2.51. The quantitative estimate of drug-likeness (QED) is 0.853. The molecule has 0 amide bonds. The molecule has 2 aromatic rings. The SMILES string of the molecule is CC1(c2ccc(C#N)cc2F)Oc2c(Br)cccc2C1O. The minimum absolute atomic E-state index is 0.220. The smallest absolute Gasteiger partial charge is 0.164 e. The summed E-state index contributed by atoms with van der Waals surface area (Å²) < 4.78 is 20.8. The van der Waals surface area contributed by atoms with Crippen LogP contribution < -0.4 is 4.74 Å². The van der Waals surface area contributed by atoms with Crippen molar-refractivity contribution in [1.29, 1.82) is 5.26 Å². The van der Waals surface area contributed by atoms with Crippen molar-refractivity contribution >= 4 is 15.9 Å². The molecule has 3 nitrogen and oxygen atoms in total. The van der Waals surface area contributed by atoms with E-state index in [0.29, 0.717) is 15.8 Å². The Labute approximate surface area is 129 Å². The molecule has 106 valence electrons. The van der Waals surface area contributed by atoms with E-state index in [9.17, 15) is 9.50 Å². The second-order valence-electron chi connectivity index (χ2n) is 5.08. The van der Waals surface area contributed by atoms with Crippen LogP contribution in [0.25, 0.3) is 0 Å². The molecule has 5 heteroatoms. The zero-order valence-corrected chi connectivity index (χ0v) is 12.7. The fraction of sp³-hybridized carbons (Fsp3) is 0.188. The highest BCUT2D eigenvalue weighted by atomic mass is 79.9. The number of aliphatic hydroxyl groups excluding tert-OH is 1. The molecule has 2 aromatic carbocycles. The summed E-state index contributed by atoms with van der Waals surface area (Å²) in [6.07, 6.45) is -0.993. The molecule has 1 aliphatic rings. The van der Waals surface area contributed by atoms with Gasteiger partial charge < -0.3 is 9.84 Å². The van der Waals surface area contributed by atoms with E-state index >= 15 is 0 Å². The van der Waals surface area contributed by atoms with Crippen LogP contribution >= 0.6 is 15.9 Å². The summed E-state index contributed by atoms with van der Waals surface area (Å²) in [5, 5.41) is 19.4. The minimum atomic E-state index is -1.23. The highest BCUT2D eigenvalue weighted by Gasteiger charge is 2.47. The number of nitriles is 1. The number of fused-ring (bicyclic) bond motifs is 1. The van der Waals surface area contributed by atoms with Crippen molar-refractivity contribution in [2.75, 3.05) is 0 Å². The lowest BCUT2D eigenvalue weighted by atomic mass is 9.87. The lowest BCUT2D eigenvalue weighted by Crippen LogP contribution is -2.32. The fourth-order valence-corrected chi connectivity index (χ4v) is 3.07. The molecular weight excluding hydrogens is 337 g/mol. The lowest BCUT2D eigenvalue weighted by Gasteiger charge is -2.28. The van der Waals surface area contributed by atoms with Crippen LogP contribution in [0, 0.1) is 17.1 Å². The van der Waals surface area contributed by atoms with Crippen molar-refractivity contribution in [1.82, 2.24) is 0 Å². The van der Waals surface area contributed by atoms with Crippen molar-refractivity contribution in [3.05, 3.63) is 63.4 Å². The van der Waals surface area contributed by atoms with E-state index in [-0.39, 0.29) is 11.1 Å². The zero-order chi connectivity index (χ0) is 15.2. The minimum Gasteiger partial charge on any atom is -0.478 e. The van der Waals surface area contributed by atoms with Crippen LogP contribution in [0.2, 0.25) is 0 Å². The Morgan fingerprint density at radius 1 is 1.38 bits per heavy atom. The third kappa shape index (κ3) is 2.03. The van der Waals surface area contributed by atoms with Gasteiger partial charge in [-0.1, -0.05) is 18.2 Å². The molecule has 0 saturated heterocycles. The second kappa shape index (κ2) is 4.83. The van der Waals surface area contributed by atoms with E-state index in [1.54, 1.807) is 25.1 Å². The second-order valence-corrected chi connectivity index (χ2v) is 5.93. The van der Waals surface area contributed by atoms with E-state index < -0.39 is 17.5 Å². The molecule has 0 spiro atoms. The molecule has 0 fully saturated rings. The Morgan fingerprint density at radius 3 is 2.76 bits per heavy atom. The molecule has 0 aromatic heterocycles. The first-order valence-electron chi connectivity index (χ1n) is 6.33. The summed E-state index contributed by atoms with van der Waals surface area (Å²) >= 11 is 3.37. The van der Waals surface area contributed by atoms with Gasteiger partial charge in [0, 0.05) is 11.1 Å². The van der Waals surface area contributed by atoms with Gasteiger partial charge in [0.1, 0.15) is 17.7 Å². The predicted octanol–water partition coefficient (Wildman–Crippen LogP) is 3.80. The molecule has 3 rings (SSSR count). The van der Waals surface area contributed by atoms with Crippen LogP contribution in [0.4, 0.5) is 4.39 Å². The number of rotatable bonds is 1. The molecule has 1 heterocycles. The van der Waals surface area contributed by atoms with Gasteiger partial charge in [0.2, 0.25) is 0 Å². The van der Waals surface area contributed by atoms with E-state index in [0.717, 1.165) is 6.07 Å². The van der Waals surface area contributed by atoms with E-state index in [2.05, 4.69) is 15.9 Å². The third-order valence-electron chi connectivity index (χ3n) is 3.76. The van der Waals surface area contributed by atoms with E-state index in [1.807, 2.05) is 6.07 Å². The molecule has 0 aliphatic carbocycles. The van der Waals surface area contributed by atoms with Gasteiger partial charge in [0.15, 0.2) is 5.60 Å². The van der Waals surface area contributed by atoms with Crippen LogP contribution in [-0.4, -0.2) is 5.11 Å². The Morgan fingerprint density at radius 2 is 2.14 bits per heavy atom. The van der Waals surface area contributed by atoms with Crippen molar-refractivity contribution in [3.63, 3.8) is 0 Å². The summed E-state index contributed by atoms with van der Waals surface area (Å²) in [6, 6.07) is 11.4. The van der Waals surface area contributed by atoms with Gasteiger partial charge in [-0.25, -0.2) is 4.39 Å². The van der Waals surface area contributed by atoms with Crippen molar-refractivity contribution < 1.29 is 14.2 Å². The summed E-state index contributed by atoms with van der Waals surface area (Å²) in [7, 11) is 0. The van der Waals surface area contributed by atoms with Gasteiger partial charge in [-0.05, 0) is 41.1 Å². The van der Waals surface area contributed by atoms with E-state index in [4.69, 9.17) is 10.00 Å². The number of hydrogen-bond donors (Lipinski definition) is 1. The maximum atomic E-state index is 14.3. The number of para-hydroxylation sites is 1. The van der Waals surface area contributed by atoms with Crippen molar-refractivity contribution in [3.8, 4) is 11.8 Å². The molecule has 21 heavy (non-hydrogen) atoms. The van der Waals surface area contributed by atoms with Gasteiger partial charge >= 0.3 is 0 Å². The zero-order valence-electron chi connectivity index (χ0n) is 11.1. The van der Waals surface area contributed by atoms with Crippen LogP contribution in [0.1, 0.15) is 29.7 Å². The molecule has 2 unspecified atom stereocenters. The van der Waals surface area contributed by atoms with Crippen LogP contribution in [-0.2, 0) is 5.60 Å². The van der Waals surface area contributed by atoms with Gasteiger partial charge in [-0.3, -0.25) is 0 Å². The molecule has 1 aliphatic heterocycles. The number of ether oxygens (including phenoxy) is 1. The van der Waals surface area contributed by atoms with Gasteiger partial charge in [-0.15, -0.1) is 0 Å². The number of halogens is 2. The van der Waals surface area contributed by atoms with Gasteiger partial charge in [-0.2, -0.15) is 5.26 Å². The summed E-state index contributed by atoms with van der Waals surface area (Å²) in [4.78, 5) is 0. The van der Waals surface area contributed by atoms with E-state index in [1.165, 1.54) is 12.1 Å². The topological polar surface area (TPSA) is 53.2 Å². The maximum absolute atomic E-state index is 14.3. The number of hydrogen-bond acceptors (Lipinski definition) is 3. The standard InChI is InChI=1S/C16H11BrFNO2/c1-16(11-6-5-9(8-19)7-13(11)18)15(20)10-3-2-4-12(17)14(10)21-16/h2-7,15,20H,1H3. The first-order chi connectivity index (χ1) is 9.97. The predicted molar refractivity (Wildman–Crippen MR) is 78.2 cm³/mol. The van der Waals surface area contributed by atoms with Crippen LogP contribution in [0.15, 0.2) is 40.9 Å². The fourth-order valence-electron chi connectivity index (χ4n) is 2.60. The molecule has 0 bridgehead atoms. The molecule has 2 atom stereocenters. The summed E-state index contributed by atoms with van der Waals surface area (Å²) in [6.45, 7) is 1.63. The van der Waals surface area contributed by atoms with Crippen molar-refractivity contribution in [2.24, 2.45) is 0 Å². The first kappa shape index (κ1) is 14.1. The average Bonchev–Trinajstić information content (AvgIpc) is 2.73. The van der Waals surface area contributed by atoms with Gasteiger partial charge in [0.05, 0.1) is 16.1 Å². The van der Waals surface area contributed by atoms with Gasteiger partial charge in [0.25, 0.3) is 0 Å². The largest absolute Gasteiger partial charge is 0.478 e. The highest BCUT2D eigenvalue weighted by molar-refractivity contribution is 9.10. The normalized spacial score (nSPS) is 23.3. The Hall–Kier alpha value is -1.90. The first-order valence-corrected chi connectivity index (χ1v) is 7.12. The van der Waals surface area contributed by atoms with Crippen LogP contribution in [0.5, 0.6) is 5.75 Å². The maximum Gasteiger partial charge on any atom is 0.164 e. The molecule has 0 saturated carbocycles. The van der Waals surface area contributed by atoms with Crippen molar-refractivity contribution in [2.45, 2.75) is 18.6 Å². The summed E-state index contributed by atoms with van der Waals surface area (Å²) in [5.41, 5.74) is -0.177. The molecular formula is C16H11BrFNO2. The number of nitrogens with zero attached hydrogens (tertiary/aromatic N) is 1. The van der Waals surface area contributed by atoms with Crippen LogP contribution in [0.3, 0.4) is 0 Å². The summed E-state index contributed by atoms with van der Waals surface area (Å²) in [5.74, 6) is -0.0595. The number of benzene rings is 2. The Bertz CT molecular complexity index is 771. The molecule has 1 N–H and O–H groups in total. The third-order valence-corrected chi connectivity index (χ3v) is 4.39. The monoisotopic (exact) mass is 347 g/mol. The average molecular weight is 348 g/mol. The molecule has 0 radical (unpaired) electrons.